The number of ether oxygens (including phenoxy) is 1. The summed E-state index contributed by atoms with van der Waals surface area (Å²) in [5.41, 5.74) is 2.86. The van der Waals surface area contributed by atoms with Crippen molar-refractivity contribution in [2.75, 3.05) is 19.6 Å². The fraction of sp³-hybridized carbons (Fsp3) is 0.560. The van der Waals surface area contributed by atoms with Gasteiger partial charge in [0.1, 0.15) is 5.60 Å². The van der Waals surface area contributed by atoms with Gasteiger partial charge in [-0.3, -0.25) is 9.78 Å². The van der Waals surface area contributed by atoms with Crippen molar-refractivity contribution in [3.05, 3.63) is 40.0 Å². The highest BCUT2D eigenvalue weighted by Crippen LogP contribution is 2.45. The average molecular weight is 456 g/mol. The quantitative estimate of drug-likeness (QED) is 0.607. The number of rotatable bonds is 1. The first-order valence-corrected chi connectivity index (χ1v) is 12.0. The monoisotopic (exact) mass is 455 g/mol. The third kappa shape index (κ3) is 3.83. The summed E-state index contributed by atoms with van der Waals surface area (Å²) < 4.78 is 5.55. The van der Waals surface area contributed by atoms with Crippen molar-refractivity contribution in [2.45, 2.75) is 70.4 Å². The minimum Gasteiger partial charge on any atom is -0.444 e. The molecule has 0 bridgehead atoms. The molecular formula is C25H30ClN3O3. The van der Waals surface area contributed by atoms with E-state index >= 15 is 0 Å². The molecule has 170 valence electrons. The molecular weight excluding hydrogens is 426 g/mol. The summed E-state index contributed by atoms with van der Waals surface area (Å²) in [5, 5.41) is 1.70. The van der Waals surface area contributed by atoms with Gasteiger partial charge < -0.3 is 14.5 Å². The van der Waals surface area contributed by atoms with E-state index in [0.29, 0.717) is 25.2 Å². The molecule has 1 spiro atoms. The molecule has 1 aromatic carbocycles. The van der Waals surface area contributed by atoms with Crippen LogP contribution in [0.4, 0.5) is 4.79 Å². The number of hydrogen-bond acceptors (Lipinski definition) is 4. The molecule has 6 nitrogen and oxygen atoms in total. The number of benzene rings is 1. The largest absolute Gasteiger partial charge is 0.444 e. The lowest BCUT2D eigenvalue weighted by molar-refractivity contribution is 0.000640. The molecule has 2 amide bonds. The number of fused-ring (bicyclic) bond motifs is 2. The Morgan fingerprint density at radius 3 is 2.59 bits per heavy atom. The van der Waals surface area contributed by atoms with E-state index in [-0.39, 0.29) is 17.5 Å². The van der Waals surface area contributed by atoms with Crippen molar-refractivity contribution in [2.24, 2.45) is 0 Å². The van der Waals surface area contributed by atoms with Crippen LogP contribution in [0.3, 0.4) is 0 Å². The van der Waals surface area contributed by atoms with Crippen molar-refractivity contribution < 1.29 is 14.3 Å². The fourth-order valence-electron chi connectivity index (χ4n) is 5.00. The Bertz CT molecular complexity index is 1100. The van der Waals surface area contributed by atoms with Crippen LogP contribution >= 0.6 is 11.6 Å². The lowest BCUT2D eigenvalue weighted by Crippen LogP contribution is -2.58. The SMILES string of the molecule is CC(C)(C)OC(=O)N1CCN(C(=O)c2ccc3c(Cl)c4c(nc3c2)CCCC4)C2(CC2)C1. The summed E-state index contributed by atoms with van der Waals surface area (Å²) in [6, 6.07) is 5.68. The Labute approximate surface area is 193 Å². The van der Waals surface area contributed by atoms with Gasteiger partial charge in [0.15, 0.2) is 0 Å². The van der Waals surface area contributed by atoms with E-state index in [2.05, 4.69) is 0 Å². The molecule has 1 saturated carbocycles. The Kier molecular flexibility index (Phi) is 5.12. The second-order valence-corrected chi connectivity index (χ2v) is 10.8. The van der Waals surface area contributed by atoms with E-state index in [1.807, 2.05) is 43.9 Å². The number of carbonyl (C=O) groups excluding carboxylic acids is 2. The van der Waals surface area contributed by atoms with Crippen molar-refractivity contribution in [3.63, 3.8) is 0 Å². The maximum atomic E-state index is 13.5. The van der Waals surface area contributed by atoms with Gasteiger partial charge >= 0.3 is 6.09 Å². The zero-order valence-electron chi connectivity index (χ0n) is 19.0. The molecule has 0 atom stereocenters. The van der Waals surface area contributed by atoms with Gasteiger partial charge in [0.25, 0.3) is 5.91 Å². The van der Waals surface area contributed by atoms with Crippen LogP contribution in [0.15, 0.2) is 18.2 Å². The van der Waals surface area contributed by atoms with Gasteiger partial charge in [-0.05, 0) is 77.0 Å². The number of nitrogens with zero attached hydrogens (tertiary/aromatic N) is 3. The van der Waals surface area contributed by atoms with Crippen LogP contribution in [0.2, 0.25) is 5.02 Å². The maximum Gasteiger partial charge on any atom is 0.410 e. The Morgan fingerprint density at radius 1 is 1.12 bits per heavy atom. The molecule has 1 aliphatic heterocycles. The van der Waals surface area contributed by atoms with Gasteiger partial charge in [-0.25, -0.2) is 4.79 Å². The molecule has 2 fully saturated rings. The molecule has 5 rings (SSSR count). The number of amides is 2. The zero-order chi connectivity index (χ0) is 22.7. The summed E-state index contributed by atoms with van der Waals surface area (Å²) in [4.78, 5) is 34.6. The van der Waals surface area contributed by atoms with Crippen molar-refractivity contribution in [1.82, 2.24) is 14.8 Å². The van der Waals surface area contributed by atoms with Gasteiger partial charge in [-0.2, -0.15) is 0 Å². The number of piperazine rings is 1. The highest BCUT2D eigenvalue weighted by molar-refractivity contribution is 6.36. The number of aromatic nitrogens is 1. The van der Waals surface area contributed by atoms with Gasteiger partial charge in [-0.1, -0.05) is 17.7 Å². The van der Waals surface area contributed by atoms with Gasteiger partial charge in [0.2, 0.25) is 0 Å². The first kappa shape index (κ1) is 21.5. The van der Waals surface area contributed by atoms with Crippen LogP contribution < -0.4 is 0 Å². The standard InChI is InChI=1S/C25H30ClN3O3/c1-24(2,3)32-23(31)28-12-13-29(25(15-28)10-11-25)22(30)16-8-9-18-20(14-16)27-19-7-5-4-6-17(19)21(18)26/h8-9,14H,4-7,10-13,15H2,1-3H3. The molecule has 3 aliphatic rings. The minimum absolute atomic E-state index is 0.00359. The molecule has 0 N–H and O–H groups in total. The van der Waals surface area contributed by atoms with Crippen LogP contribution in [0.25, 0.3) is 10.9 Å². The highest BCUT2D eigenvalue weighted by atomic mass is 35.5. The van der Waals surface area contributed by atoms with Crippen LogP contribution in [0, 0.1) is 0 Å². The smallest absolute Gasteiger partial charge is 0.410 e. The predicted octanol–water partition coefficient (Wildman–Crippen LogP) is 4.99. The van der Waals surface area contributed by atoms with Gasteiger partial charge in [-0.15, -0.1) is 0 Å². The molecule has 0 unspecified atom stereocenters. The Hall–Kier alpha value is -2.34. The molecule has 1 saturated heterocycles. The summed E-state index contributed by atoms with van der Waals surface area (Å²) in [7, 11) is 0. The van der Waals surface area contributed by atoms with E-state index in [0.717, 1.165) is 60.1 Å². The van der Waals surface area contributed by atoms with Crippen LogP contribution in [-0.4, -0.2) is 57.6 Å². The maximum absolute atomic E-state index is 13.5. The number of hydrogen-bond donors (Lipinski definition) is 0. The van der Waals surface area contributed by atoms with E-state index in [9.17, 15) is 9.59 Å². The van der Waals surface area contributed by atoms with Crippen molar-refractivity contribution in [1.29, 1.82) is 0 Å². The lowest BCUT2D eigenvalue weighted by Gasteiger charge is -2.42. The lowest BCUT2D eigenvalue weighted by atomic mass is 9.94. The second-order valence-electron chi connectivity index (χ2n) is 10.4. The first-order valence-electron chi connectivity index (χ1n) is 11.6. The molecule has 7 heteroatoms. The Balaban J connectivity index is 1.38. The van der Waals surface area contributed by atoms with Crippen LogP contribution in [0.1, 0.15) is 68.1 Å². The topological polar surface area (TPSA) is 62.7 Å². The molecule has 0 radical (unpaired) electrons. The number of pyridine rings is 1. The van der Waals surface area contributed by atoms with Crippen LogP contribution in [0.5, 0.6) is 0 Å². The second kappa shape index (κ2) is 7.62. The van der Waals surface area contributed by atoms with Gasteiger partial charge in [0, 0.05) is 36.3 Å². The summed E-state index contributed by atoms with van der Waals surface area (Å²) in [6.07, 6.45) is 5.71. The van der Waals surface area contributed by atoms with E-state index in [4.69, 9.17) is 21.3 Å². The van der Waals surface area contributed by atoms with Gasteiger partial charge in [0.05, 0.1) is 16.1 Å². The number of aryl methyl sites for hydroxylation is 1. The third-order valence-corrected chi connectivity index (χ3v) is 7.25. The summed E-state index contributed by atoms with van der Waals surface area (Å²) in [6.45, 7) is 7.12. The third-order valence-electron chi connectivity index (χ3n) is 6.82. The first-order chi connectivity index (χ1) is 15.2. The number of carbonyl (C=O) groups is 2. The molecule has 2 aliphatic carbocycles. The number of halogens is 1. The Morgan fingerprint density at radius 2 is 1.88 bits per heavy atom. The average Bonchev–Trinajstić information content (AvgIpc) is 3.51. The van der Waals surface area contributed by atoms with E-state index in [1.54, 1.807) is 4.90 Å². The van der Waals surface area contributed by atoms with Crippen molar-refractivity contribution in [3.8, 4) is 0 Å². The summed E-state index contributed by atoms with van der Waals surface area (Å²) >= 11 is 6.70. The molecule has 2 heterocycles. The fourth-order valence-corrected chi connectivity index (χ4v) is 5.37. The normalized spacial score (nSPS) is 19.8. The molecule has 2 aromatic rings. The molecule has 1 aromatic heterocycles. The van der Waals surface area contributed by atoms with E-state index in [1.165, 1.54) is 5.56 Å². The highest BCUT2D eigenvalue weighted by Gasteiger charge is 2.54. The zero-order valence-corrected chi connectivity index (χ0v) is 19.8. The predicted molar refractivity (Wildman–Crippen MR) is 124 cm³/mol. The molecule has 32 heavy (non-hydrogen) atoms. The summed E-state index contributed by atoms with van der Waals surface area (Å²) in [5.74, 6) is 0.00359. The van der Waals surface area contributed by atoms with Crippen molar-refractivity contribution >= 4 is 34.5 Å². The minimum atomic E-state index is -0.528. The van der Waals surface area contributed by atoms with E-state index < -0.39 is 5.60 Å². The van der Waals surface area contributed by atoms with Crippen LogP contribution in [-0.2, 0) is 17.6 Å².